The van der Waals surface area contributed by atoms with Gasteiger partial charge >= 0.3 is 0 Å². The first-order chi connectivity index (χ1) is 12.0. The van der Waals surface area contributed by atoms with Gasteiger partial charge in [-0.3, -0.25) is 0 Å². The van der Waals surface area contributed by atoms with Crippen LogP contribution in [0.5, 0.6) is 23.0 Å². The third kappa shape index (κ3) is 3.97. The average Bonchev–Trinajstić information content (AvgIpc) is 2.59. The van der Waals surface area contributed by atoms with Gasteiger partial charge in [-0.15, -0.1) is 6.58 Å². The lowest BCUT2D eigenvalue weighted by Crippen LogP contribution is -2.10. The Morgan fingerprint density at radius 3 is 2.60 bits per heavy atom. The van der Waals surface area contributed by atoms with Crippen LogP contribution in [0.1, 0.15) is 31.9 Å². The first-order valence-corrected chi connectivity index (χ1v) is 8.21. The van der Waals surface area contributed by atoms with Crippen molar-refractivity contribution in [2.24, 2.45) is 0 Å². The number of aromatic hydroxyl groups is 2. The molecule has 4 nitrogen and oxygen atoms in total. The number of hydrogen-bond acceptors (Lipinski definition) is 4. The molecule has 1 heterocycles. The second-order valence-corrected chi connectivity index (χ2v) is 5.57. The monoisotopic (exact) mass is 340 g/mol. The van der Waals surface area contributed by atoms with E-state index in [1.165, 1.54) is 0 Å². The number of hydrogen-bond donors (Lipinski definition) is 2. The Hall–Kier alpha value is -2.88. The van der Waals surface area contributed by atoms with Gasteiger partial charge in [0.15, 0.2) is 11.5 Å². The van der Waals surface area contributed by atoms with Gasteiger partial charge in [0, 0.05) is 16.7 Å². The summed E-state index contributed by atoms with van der Waals surface area (Å²) in [6.07, 6.45) is 1.75. The molecule has 0 spiro atoms. The van der Waals surface area contributed by atoms with E-state index in [4.69, 9.17) is 9.47 Å². The zero-order chi connectivity index (χ0) is 18.4. The van der Waals surface area contributed by atoms with Crippen molar-refractivity contribution in [3.63, 3.8) is 0 Å². The molecule has 2 aromatic carbocycles. The van der Waals surface area contributed by atoms with Gasteiger partial charge in [-0.05, 0) is 50.6 Å². The Morgan fingerprint density at radius 2 is 1.92 bits per heavy atom. The summed E-state index contributed by atoms with van der Waals surface area (Å²) in [7, 11) is 0. The van der Waals surface area contributed by atoms with E-state index in [1.807, 2.05) is 26.8 Å². The minimum atomic E-state index is 0.112. The van der Waals surface area contributed by atoms with Crippen LogP contribution in [0.2, 0.25) is 0 Å². The minimum Gasteiger partial charge on any atom is -0.508 e. The first kappa shape index (κ1) is 18.5. The van der Waals surface area contributed by atoms with Crippen LogP contribution in [-0.2, 0) is 0 Å². The number of allylic oxidation sites excluding steroid dienone is 2. The number of rotatable bonds is 3. The van der Waals surface area contributed by atoms with E-state index >= 15 is 0 Å². The van der Waals surface area contributed by atoms with Crippen LogP contribution in [0, 0.1) is 0 Å². The van der Waals surface area contributed by atoms with Gasteiger partial charge in [-0.25, -0.2) is 0 Å². The van der Waals surface area contributed by atoms with Crippen LogP contribution in [-0.4, -0.2) is 23.4 Å². The summed E-state index contributed by atoms with van der Waals surface area (Å²) in [4.78, 5) is 0. The molecule has 0 unspecified atom stereocenters. The van der Waals surface area contributed by atoms with Gasteiger partial charge in [-0.1, -0.05) is 18.2 Å². The lowest BCUT2D eigenvalue weighted by Gasteiger charge is -2.24. The molecule has 0 amide bonds. The topological polar surface area (TPSA) is 58.9 Å². The average molecular weight is 340 g/mol. The first-order valence-electron chi connectivity index (χ1n) is 8.21. The molecule has 0 saturated heterocycles. The summed E-state index contributed by atoms with van der Waals surface area (Å²) in [6, 6.07) is 10.3. The summed E-state index contributed by atoms with van der Waals surface area (Å²) in [5, 5.41) is 19.8. The van der Waals surface area contributed by atoms with Crippen molar-refractivity contribution < 1.29 is 19.7 Å². The van der Waals surface area contributed by atoms with Crippen molar-refractivity contribution in [2.75, 3.05) is 13.2 Å². The van der Waals surface area contributed by atoms with Crippen LogP contribution in [0.25, 0.3) is 11.1 Å². The minimum absolute atomic E-state index is 0.112. The number of ether oxygens (including phenoxy) is 2. The van der Waals surface area contributed by atoms with E-state index in [9.17, 15) is 10.2 Å². The van der Waals surface area contributed by atoms with Crippen molar-refractivity contribution in [3.8, 4) is 23.0 Å². The maximum atomic E-state index is 10.1. The molecular formula is C21H24O4. The summed E-state index contributed by atoms with van der Waals surface area (Å²) >= 11 is 0. The summed E-state index contributed by atoms with van der Waals surface area (Å²) in [5.41, 5.74) is 3.61. The number of phenols is 2. The molecule has 0 aliphatic carbocycles. The molecule has 0 bridgehead atoms. The SMILES string of the molecule is C=CC.CCOc1c(O)cccc1C1=C(C)c2cc(O)ccc2OC1. The molecule has 0 fully saturated rings. The van der Waals surface area contributed by atoms with Crippen molar-refractivity contribution in [1.29, 1.82) is 0 Å². The van der Waals surface area contributed by atoms with Crippen LogP contribution in [0.15, 0.2) is 49.1 Å². The second kappa shape index (κ2) is 8.29. The highest BCUT2D eigenvalue weighted by Crippen LogP contribution is 2.42. The predicted octanol–water partition coefficient (Wildman–Crippen LogP) is 5.01. The molecular weight excluding hydrogens is 316 g/mol. The molecule has 2 aromatic rings. The van der Waals surface area contributed by atoms with Gasteiger partial charge < -0.3 is 19.7 Å². The van der Waals surface area contributed by atoms with E-state index in [0.717, 1.165) is 28.0 Å². The smallest absolute Gasteiger partial charge is 0.168 e. The second-order valence-electron chi connectivity index (χ2n) is 5.57. The number of benzene rings is 2. The number of para-hydroxylation sites is 1. The highest BCUT2D eigenvalue weighted by atomic mass is 16.5. The zero-order valence-electron chi connectivity index (χ0n) is 14.9. The summed E-state index contributed by atoms with van der Waals surface area (Å²) in [6.45, 7) is 9.97. The summed E-state index contributed by atoms with van der Waals surface area (Å²) < 4.78 is 11.4. The lowest BCUT2D eigenvalue weighted by molar-refractivity contribution is 0.315. The van der Waals surface area contributed by atoms with Crippen LogP contribution in [0.4, 0.5) is 0 Å². The van der Waals surface area contributed by atoms with Crippen molar-refractivity contribution in [1.82, 2.24) is 0 Å². The Kier molecular flexibility index (Phi) is 6.12. The Bertz CT molecular complexity index is 790. The largest absolute Gasteiger partial charge is 0.508 e. The molecule has 0 atom stereocenters. The molecule has 1 aliphatic rings. The molecule has 3 rings (SSSR count). The van der Waals surface area contributed by atoms with Gasteiger partial charge in [0.25, 0.3) is 0 Å². The van der Waals surface area contributed by atoms with Crippen molar-refractivity contribution >= 4 is 11.1 Å². The van der Waals surface area contributed by atoms with Gasteiger partial charge in [0.05, 0.1) is 6.61 Å². The zero-order valence-corrected chi connectivity index (χ0v) is 14.9. The Balaban J connectivity index is 0.000000701. The van der Waals surface area contributed by atoms with E-state index in [1.54, 1.807) is 36.4 Å². The quantitative estimate of drug-likeness (QED) is 0.771. The maximum Gasteiger partial charge on any atom is 0.168 e. The molecule has 132 valence electrons. The maximum absolute atomic E-state index is 10.1. The molecule has 2 N–H and O–H groups in total. The third-order valence-electron chi connectivity index (χ3n) is 3.80. The Labute approximate surface area is 148 Å². The molecule has 0 radical (unpaired) electrons. The normalized spacial score (nSPS) is 12.4. The van der Waals surface area contributed by atoms with Crippen LogP contribution >= 0.6 is 0 Å². The molecule has 25 heavy (non-hydrogen) atoms. The van der Waals surface area contributed by atoms with Gasteiger partial charge in [-0.2, -0.15) is 0 Å². The standard InChI is InChI=1S/C18H18O4.C3H6/c1-3-21-18-13(5-4-6-16(18)20)15-10-22-17-8-7-12(19)9-14(17)11(15)2;1-3-2/h4-9,19-20H,3,10H2,1-2H3;3H,1H2,2H3. The molecule has 1 aliphatic heterocycles. The summed E-state index contributed by atoms with van der Waals surface area (Å²) in [5.74, 6) is 1.52. The predicted molar refractivity (Wildman–Crippen MR) is 101 cm³/mol. The third-order valence-corrected chi connectivity index (χ3v) is 3.80. The Morgan fingerprint density at radius 1 is 1.20 bits per heavy atom. The van der Waals surface area contributed by atoms with Gasteiger partial charge in [0.1, 0.15) is 18.1 Å². The van der Waals surface area contributed by atoms with E-state index in [0.29, 0.717) is 19.0 Å². The van der Waals surface area contributed by atoms with Crippen molar-refractivity contribution in [2.45, 2.75) is 20.8 Å². The highest BCUT2D eigenvalue weighted by Gasteiger charge is 2.22. The fourth-order valence-corrected chi connectivity index (χ4v) is 2.70. The number of fused-ring (bicyclic) bond motifs is 1. The van der Waals surface area contributed by atoms with Crippen molar-refractivity contribution in [3.05, 3.63) is 60.2 Å². The molecule has 4 heteroatoms. The van der Waals surface area contributed by atoms with Crippen LogP contribution in [0.3, 0.4) is 0 Å². The highest BCUT2D eigenvalue weighted by molar-refractivity contribution is 5.95. The fourth-order valence-electron chi connectivity index (χ4n) is 2.70. The van der Waals surface area contributed by atoms with Gasteiger partial charge in [0.2, 0.25) is 0 Å². The number of phenolic OH excluding ortho intramolecular Hbond substituents is 2. The van der Waals surface area contributed by atoms with Crippen LogP contribution < -0.4 is 9.47 Å². The fraction of sp³-hybridized carbons (Fsp3) is 0.238. The lowest BCUT2D eigenvalue weighted by atomic mass is 9.93. The van der Waals surface area contributed by atoms with E-state index < -0.39 is 0 Å². The van der Waals surface area contributed by atoms with E-state index in [2.05, 4.69) is 6.58 Å². The molecule has 0 saturated carbocycles. The van der Waals surface area contributed by atoms with E-state index in [-0.39, 0.29) is 11.5 Å². The molecule has 0 aromatic heterocycles.